The van der Waals surface area contributed by atoms with Gasteiger partial charge in [0, 0.05) is 24.1 Å². The average Bonchev–Trinajstić information content (AvgIpc) is 3.00. The van der Waals surface area contributed by atoms with Gasteiger partial charge in [0.2, 0.25) is 5.91 Å². The number of rotatable bonds is 3. The number of amides is 1. The Balaban J connectivity index is 1.87. The van der Waals surface area contributed by atoms with Gasteiger partial charge in [0.05, 0.1) is 0 Å². The van der Waals surface area contributed by atoms with Crippen molar-refractivity contribution in [2.24, 2.45) is 17.6 Å². The molecule has 1 saturated carbocycles. The van der Waals surface area contributed by atoms with Crippen molar-refractivity contribution in [3.63, 3.8) is 0 Å². The lowest BCUT2D eigenvalue weighted by atomic mass is 9.98. The zero-order valence-electron chi connectivity index (χ0n) is 10.8. The lowest BCUT2D eigenvalue weighted by Gasteiger charge is -2.17. The second-order valence-electron chi connectivity index (χ2n) is 5.60. The van der Waals surface area contributed by atoms with Crippen molar-refractivity contribution >= 4 is 11.6 Å². The molecule has 3 rings (SSSR count). The van der Waals surface area contributed by atoms with Crippen LogP contribution in [0.5, 0.6) is 0 Å². The number of para-hydroxylation sites is 1. The van der Waals surface area contributed by atoms with E-state index in [4.69, 9.17) is 5.73 Å². The van der Waals surface area contributed by atoms with Gasteiger partial charge in [0.15, 0.2) is 0 Å². The number of nitrogens with zero attached hydrogens (tertiary/aromatic N) is 1. The molecule has 1 aliphatic heterocycles. The molecule has 0 radical (unpaired) electrons. The number of hydrogen-bond acceptors (Lipinski definition) is 2. The van der Waals surface area contributed by atoms with Crippen molar-refractivity contribution in [2.75, 3.05) is 18.0 Å². The predicted octanol–water partition coefficient (Wildman–Crippen LogP) is 2.12. The van der Waals surface area contributed by atoms with Gasteiger partial charge < -0.3 is 10.6 Å². The fraction of sp³-hybridized carbons (Fsp3) is 0.533. The van der Waals surface area contributed by atoms with Crippen molar-refractivity contribution < 1.29 is 4.79 Å². The zero-order chi connectivity index (χ0) is 12.7. The highest BCUT2D eigenvalue weighted by atomic mass is 16.2. The molecule has 96 valence electrons. The molecular formula is C15H20N2O. The molecule has 1 heterocycles. The first-order valence-corrected chi connectivity index (χ1v) is 6.82. The molecule has 0 aromatic heterocycles. The highest BCUT2D eigenvalue weighted by Gasteiger charge is 2.44. The SMILES string of the molecule is CC1CC1C(=O)N1CC(CCN)c2ccccc21. The molecule has 1 aromatic carbocycles. The maximum atomic E-state index is 12.4. The topological polar surface area (TPSA) is 46.3 Å². The number of carbonyl (C=O) groups is 1. The van der Waals surface area contributed by atoms with Crippen molar-refractivity contribution in [1.29, 1.82) is 0 Å². The summed E-state index contributed by atoms with van der Waals surface area (Å²) in [6.07, 6.45) is 2.01. The van der Waals surface area contributed by atoms with Crippen LogP contribution in [0.1, 0.15) is 31.2 Å². The van der Waals surface area contributed by atoms with E-state index in [1.165, 1.54) is 5.56 Å². The van der Waals surface area contributed by atoms with Crippen LogP contribution in [-0.2, 0) is 4.79 Å². The number of anilines is 1. The van der Waals surface area contributed by atoms with Gasteiger partial charge in [-0.15, -0.1) is 0 Å². The number of fused-ring (bicyclic) bond motifs is 1. The van der Waals surface area contributed by atoms with E-state index in [0.717, 1.165) is 25.1 Å². The number of benzene rings is 1. The second-order valence-corrected chi connectivity index (χ2v) is 5.60. The summed E-state index contributed by atoms with van der Waals surface area (Å²) in [5, 5.41) is 0. The molecule has 3 unspecified atom stereocenters. The zero-order valence-corrected chi connectivity index (χ0v) is 10.8. The Kier molecular flexibility index (Phi) is 2.86. The summed E-state index contributed by atoms with van der Waals surface area (Å²) in [6, 6.07) is 8.27. The van der Waals surface area contributed by atoms with E-state index in [1.807, 2.05) is 11.0 Å². The molecule has 18 heavy (non-hydrogen) atoms. The summed E-state index contributed by atoms with van der Waals surface area (Å²) >= 11 is 0. The summed E-state index contributed by atoms with van der Waals surface area (Å²) in [7, 11) is 0. The highest BCUT2D eigenvalue weighted by molar-refractivity contribution is 5.98. The van der Waals surface area contributed by atoms with Crippen LogP contribution in [0, 0.1) is 11.8 Å². The third-order valence-corrected chi connectivity index (χ3v) is 4.28. The van der Waals surface area contributed by atoms with Gasteiger partial charge in [-0.3, -0.25) is 4.79 Å². The summed E-state index contributed by atoms with van der Waals surface area (Å²) in [5.74, 6) is 1.56. The average molecular weight is 244 g/mol. The van der Waals surface area contributed by atoms with E-state index in [-0.39, 0.29) is 5.92 Å². The summed E-state index contributed by atoms with van der Waals surface area (Å²) in [6.45, 7) is 3.65. The molecule has 3 heteroatoms. The molecule has 1 amide bonds. The van der Waals surface area contributed by atoms with E-state index in [2.05, 4.69) is 25.1 Å². The molecule has 1 aromatic rings. The lowest BCUT2D eigenvalue weighted by molar-refractivity contribution is -0.120. The van der Waals surface area contributed by atoms with Crippen molar-refractivity contribution in [2.45, 2.75) is 25.7 Å². The third-order valence-electron chi connectivity index (χ3n) is 4.28. The quantitative estimate of drug-likeness (QED) is 0.885. The molecular weight excluding hydrogens is 224 g/mol. The van der Waals surface area contributed by atoms with Gasteiger partial charge in [-0.05, 0) is 36.9 Å². The Hall–Kier alpha value is -1.35. The molecule has 0 spiro atoms. The number of carbonyl (C=O) groups excluding carboxylic acids is 1. The van der Waals surface area contributed by atoms with Crippen LogP contribution in [0.25, 0.3) is 0 Å². The molecule has 2 N–H and O–H groups in total. The molecule has 3 nitrogen and oxygen atoms in total. The monoisotopic (exact) mass is 244 g/mol. The first-order chi connectivity index (χ1) is 8.72. The van der Waals surface area contributed by atoms with E-state index in [1.54, 1.807) is 0 Å². The Morgan fingerprint density at radius 3 is 2.83 bits per heavy atom. The van der Waals surface area contributed by atoms with Crippen LogP contribution >= 0.6 is 0 Å². The first kappa shape index (κ1) is 11.7. The minimum absolute atomic E-state index is 0.259. The minimum Gasteiger partial charge on any atom is -0.330 e. The van der Waals surface area contributed by atoms with Crippen LogP contribution in [0.15, 0.2) is 24.3 Å². The van der Waals surface area contributed by atoms with Crippen LogP contribution in [-0.4, -0.2) is 19.0 Å². The molecule has 0 saturated heterocycles. The maximum absolute atomic E-state index is 12.4. The Morgan fingerprint density at radius 1 is 1.44 bits per heavy atom. The molecule has 3 atom stereocenters. The third kappa shape index (κ3) is 1.83. The molecule has 0 bridgehead atoms. The molecule has 1 aliphatic carbocycles. The van der Waals surface area contributed by atoms with Crippen molar-refractivity contribution in [3.05, 3.63) is 29.8 Å². The summed E-state index contributed by atoms with van der Waals surface area (Å²) in [4.78, 5) is 14.4. The second kappa shape index (κ2) is 4.39. The van der Waals surface area contributed by atoms with Crippen LogP contribution < -0.4 is 10.6 Å². The summed E-state index contributed by atoms with van der Waals surface area (Å²) < 4.78 is 0. The Labute approximate surface area is 108 Å². The Morgan fingerprint density at radius 2 is 2.17 bits per heavy atom. The first-order valence-electron chi connectivity index (χ1n) is 6.82. The van der Waals surface area contributed by atoms with Crippen molar-refractivity contribution in [1.82, 2.24) is 0 Å². The fourth-order valence-electron chi connectivity index (χ4n) is 3.02. The van der Waals surface area contributed by atoms with E-state index in [0.29, 0.717) is 24.3 Å². The van der Waals surface area contributed by atoms with E-state index >= 15 is 0 Å². The normalized spacial score (nSPS) is 29.2. The number of nitrogens with two attached hydrogens (primary N) is 1. The van der Waals surface area contributed by atoms with Gasteiger partial charge in [0.25, 0.3) is 0 Å². The van der Waals surface area contributed by atoms with Gasteiger partial charge in [-0.1, -0.05) is 25.1 Å². The Bertz CT molecular complexity index is 471. The minimum atomic E-state index is 0.259. The van der Waals surface area contributed by atoms with Crippen LogP contribution in [0.3, 0.4) is 0 Å². The van der Waals surface area contributed by atoms with E-state index < -0.39 is 0 Å². The number of hydrogen-bond donors (Lipinski definition) is 1. The van der Waals surface area contributed by atoms with Crippen LogP contribution in [0.4, 0.5) is 5.69 Å². The van der Waals surface area contributed by atoms with Gasteiger partial charge in [-0.25, -0.2) is 0 Å². The largest absolute Gasteiger partial charge is 0.330 e. The predicted molar refractivity (Wildman–Crippen MR) is 72.5 cm³/mol. The maximum Gasteiger partial charge on any atom is 0.230 e. The van der Waals surface area contributed by atoms with Gasteiger partial charge in [-0.2, -0.15) is 0 Å². The molecule has 2 aliphatic rings. The van der Waals surface area contributed by atoms with Gasteiger partial charge in [0.1, 0.15) is 0 Å². The fourth-order valence-corrected chi connectivity index (χ4v) is 3.02. The van der Waals surface area contributed by atoms with E-state index in [9.17, 15) is 4.79 Å². The lowest BCUT2D eigenvalue weighted by Crippen LogP contribution is -2.31. The smallest absolute Gasteiger partial charge is 0.230 e. The summed E-state index contributed by atoms with van der Waals surface area (Å²) in [5.41, 5.74) is 8.08. The van der Waals surface area contributed by atoms with Crippen molar-refractivity contribution in [3.8, 4) is 0 Å². The van der Waals surface area contributed by atoms with Crippen LogP contribution in [0.2, 0.25) is 0 Å². The highest BCUT2D eigenvalue weighted by Crippen LogP contribution is 2.44. The standard InChI is InChI=1S/C15H20N2O/c1-10-8-13(10)15(18)17-9-11(6-7-16)12-4-2-3-5-14(12)17/h2-5,10-11,13H,6-9,16H2,1H3. The molecule has 1 fully saturated rings. The van der Waals surface area contributed by atoms with Gasteiger partial charge >= 0.3 is 0 Å².